The van der Waals surface area contributed by atoms with E-state index in [-0.39, 0.29) is 22.9 Å². The summed E-state index contributed by atoms with van der Waals surface area (Å²) in [6.07, 6.45) is 8.60. The number of carbonyl (C=O) groups excluding carboxylic acids is 1. The first kappa shape index (κ1) is 33.3. The van der Waals surface area contributed by atoms with Gasteiger partial charge >= 0.3 is 0 Å². The first-order valence-electron chi connectivity index (χ1n) is 16.3. The molecule has 4 saturated heterocycles. The number of rotatable bonds is 5. The van der Waals surface area contributed by atoms with Crippen molar-refractivity contribution in [2.24, 2.45) is 5.41 Å². The Balaban J connectivity index is 0.000000314. The second-order valence-electron chi connectivity index (χ2n) is 14.4. The molecule has 2 atom stereocenters. The van der Waals surface area contributed by atoms with Crippen molar-refractivity contribution in [1.82, 2.24) is 19.6 Å². The predicted molar refractivity (Wildman–Crippen MR) is 184 cm³/mol. The highest BCUT2D eigenvalue weighted by atomic mass is 35.5. The van der Waals surface area contributed by atoms with Gasteiger partial charge in [0.25, 0.3) is 0 Å². The summed E-state index contributed by atoms with van der Waals surface area (Å²) in [5.41, 5.74) is 9.98. The van der Waals surface area contributed by atoms with Gasteiger partial charge in [-0.25, -0.2) is 0 Å². The summed E-state index contributed by atoms with van der Waals surface area (Å²) >= 11 is 13.3. The van der Waals surface area contributed by atoms with Crippen LogP contribution >= 0.6 is 23.2 Å². The second kappa shape index (κ2) is 12.8. The highest BCUT2D eigenvalue weighted by molar-refractivity contribution is 6.44. The van der Waals surface area contributed by atoms with Crippen LogP contribution in [0.5, 0.6) is 0 Å². The Morgan fingerprint density at radius 3 is 2.43 bits per heavy atom. The molecule has 1 amide bonds. The third-order valence-corrected chi connectivity index (χ3v) is 11.3. The molecule has 46 heavy (non-hydrogen) atoms. The van der Waals surface area contributed by atoms with Crippen LogP contribution < -0.4 is 10.6 Å². The molecule has 2 bridgehead atoms. The molecule has 1 saturated carbocycles. The average molecular weight is 673 g/mol. The van der Waals surface area contributed by atoms with E-state index in [1.165, 1.54) is 18.7 Å². The smallest absolute Gasteiger partial charge is 0.245 e. The quantitative estimate of drug-likeness (QED) is 0.242. The zero-order chi connectivity index (χ0) is 33.0. The minimum atomic E-state index is -0.0690. The van der Waals surface area contributed by atoms with E-state index in [0.717, 1.165) is 88.7 Å². The molecule has 5 fully saturated rings. The lowest BCUT2D eigenvalue weighted by molar-refractivity contribution is -0.175. The lowest BCUT2D eigenvalue weighted by Gasteiger charge is -2.58. The van der Waals surface area contributed by atoms with E-state index in [2.05, 4.69) is 48.9 Å². The van der Waals surface area contributed by atoms with E-state index in [1.807, 2.05) is 4.90 Å². The van der Waals surface area contributed by atoms with Crippen LogP contribution in [0.4, 0.5) is 11.5 Å². The number of benzene rings is 1. The standard InChI is InChI=1S/C27H34Cl2N6O.C7H13NO2/c1-5-21(36)33-14-27(15-33)11-17(12-27)35-16(2)22(23-18(13-30)20(31)10-19(28)24(23)29)25(32-35)34-9-7-6-8-26(34,3)4;1-8-2-6-4-9-5-7(3-8)10-6/h5,10,13,17,30H,1,6-9,11-12,14-15,31H2,2-4H3;6-7H,2-5H2,1H3. The van der Waals surface area contributed by atoms with Gasteiger partial charge < -0.3 is 35.3 Å². The third kappa shape index (κ3) is 6.07. The molecule has 1 aromatic carbocycles. The summed E-state index contributed by atoms with van der Waals surface area (Å²) in [4.78, 5) is 18.5. The van der Waals surface area contributed by atoms with E-state index >= 15 is 0 Å². The Hall–Kier alpha value is -2.63. The highest BCUT2D eigenvalue weighted by Gasteiger charge is 2.54. The maximum atomic E-state index is 11.9. The van der Waals surface area contributed by atoms with Crippen LogP contribution in [0.25, 0.3) is 11.1 Å². The van der Waals surface area contributed by atoms with Crippen LogP contribution in [0, 0.1) is 17.7 Å². The Kier molecular flexibility index (Phi) is 9.23. The second-order valence-corrected chi connectivity index (χ2v) is 15.2. The van der Waals surface area contributed by atoms with E-state index in [1.54, 1.807) is 6.07 Å². The monoisotopic (exact) mass is 671 g/mol. The topological polar surface area (TPSA) is 113 Å². The number of likely N-dealkylation sites (tertiary alicyclic amines) is 1. The molecule has 4 aliphatic heterocycles. The van der Waals surface area contributed by atoms with Gasteiger partial charge in [0.15, 0.2) is 5.82 Å². The fourth-order valence-electron chi connectivity index (χ4n) is 8.12. The molecule has 3 N–H and O–H groups in total. The summed E-state index contributed by atoms with van der Waals surface area (Å²) in [7, 11) is 2.13. The fraction of sp³-hybridized carbons (Fsp3) is 0.618. The molecular formula is C34H47Cl2N7O3. The number of hydrogen-bond donors (Lipinski definition) is 2. The number of nitrogens with one attached hydrogen (secondary N) is 1. The molecule has 7 rings (SSSR count). The number of morpholine rings is 1. The van der Waals surface area contributed by atoms with Crippen molar-refractivity contribution in [3.63, 3.8) is 0 Å². The first-order valence-corrected chi connectivity index (χ1v) is 17.1. The number of nitrogen functional groups attached to an aromatic ring is 1. The minimum absolute atomic E-state index is 0.00334. The summed E-state index contributed by atoms with van der Waals surface area (Å²) in [5.74, 6) is 0.880. The summed E-state index contributed by atoms with van der Waals surface area (Å²) in [6.45, 7) is 16.3. The summed E-state index contributed by atoms with van der Waals surface area (Å²) in [5, 5.41) is 14.1. The number of nitrogens with zero attached hydrogens (tertiary/aromatic N) is 5. The number of fused-ring (bicyclic) bond motifs is 2. The van der Waals surface area contributed by atoms with Crippen LogP contribution in [0.15, 0.2) is 18.7 Å². The van der Waals surface area contributed by atoms with E-state index < -0.39 is 0 Å². The molecule has 10 nitrogen and oxygen atoms in total. The number of hydrogen-bond acceptors (Lipinski definition) is 8. The molecule has 1 spiro atoms. The van der Waals surface area contributed by atoms with Gasteiger partial charge in [0.2, 0.25) is 5.91 Å². The fourth-order valence-corrected chi connectivity index (χ4v) is 8.58. The highest BCUT2D eigenvalue weighted by Crippen LogP contribution is 2.56. The largest absolute Gasteiger partial charge is 0.398 e. The van der Waals surface area contributed by atoms with Gasteiger partial charge in [0, 0.05) is 78.0 Å². The number of piperidine rings is 1. The molecular weight excluding hydrogens is 625 g/mol. The zero-order valence-electron chi connectivity index (χ0n) is 27.5. The Labute approximate surface area is 282 Å². The molecule has 1 aromatic heterocycles. The Morgan fingerprint density at radius 1 is 1.15 bits per heavy atom. The van der Waals surface area contributed by atoms with E-state index in [4.69, 9.17) is 48.9 Å². The van der Waals surface area contributed by atoms with Crippen molar-refractivity contribution in [3.8, 4) is 11.1 Å². The van der Waals surface area contributed by atoms with Gasteiger partial charge in [-0.3, -0.25) is 9.48 Å². The minimum Gasteiger partial charge on any atom is -0.398 e. The first-order chi connectivity index (χ1) is 21.9. The average Bonchev–Trinajstić information content (AvgIpc) is 3.28. The lowest BCUT2D eigenvalue weighted by atomic mass is 9.60. The molecule has 1 aliphatic carbocycles. The number of amides is 1. The number of ether oxygens (including phenoxy) is 2. The van der Waals surface area contributed by atoms with Crippen molar-refractivity contribution in [2.45, 2.75) is 76.7 Å². The third-order valence-electron chi connectivity index (χ3n) is 10.5. The number of aromatic nitrogens is 2. The van der Waals surface area contributed by atoms with E-state index in [9.17, 15) is 4.79 Å². The summed E-state index contributed by atoms with van der Waals surface area (Å²) < 4.78 is 13.1. The van der Waals surface area contributed by atoms with Gasteiger partial charge in [0.1, 0.15) is 0 Å². The Bertz CT molecular complexity index is 1490. The number of anilines is 2. The van der Waals surface area contributed by atoms with Gasteiger partial charge in [0.05, 0.1) is 41.5 Å². The summed E-state index contributed by atoms with van der Waals surface area (Å²) in [6, 6.07) is 1.85. The molecule has 250 valence electrons. The van der Waals surface area contributed by atoms with Crippen molar-refractivity contribution in [1.29, 1.82) is 5.41 Å². The lowest BCUT2D eigenvalue weighted by Crippen LogP contribution is -2.63. The predicted octanol–water partition coefficient (Wildman–Crippen LogP) is 5.58. The number of nitrogens with two attached hydrogens (primary N) is 1. The SMILES string of the molecule is C=CC(=O)N1CC2(CC(n3nc(N4CCCCC4(C)C)c(-c4c(Cl)c(Cl)cc(N)c4C=N)c3C)C2)C1.CN1CC2COCC(C1)O2. The molecule has 2 aromatic rings. The molecule has 0 radical (unpaired) electrons. The molecule has 5 aliphatic rings. The van der Waals surface area contributed by atoms with Crippen LogP contribution in [0.3, 0.4) is 0 Å². The molecule has 5 heterocycles. The number of carbonyl (C=O) groups is 1. The molecule has 2 unspecified atom stereocenters. The van der Waals surface area contributed by atoms with Crippen LogP contribution in [0.1, 0.15) is 63.3 Å². The maximum absolute atomic E-state index is 11.9. The van der Waals surface area contributed by atoms with Crippen LogP contribution in [-0.2, 0) is 14.3 Å². The Morgan fingerprint density at radius 2 is 1.83 bits per heavy atom. The van der Waals surface area contributed by atoms with Crippen LogP contribution in [-0.4, -0.2) is 102 Å². The van der Waals surface area contributed by atoms with Gasteiger partial charge in [-0.05, 0) is 72.1 Å². The van der Waals surface area contributed by atoms with Gasteiger partial charge in [-0.2, -0.15) is 5.10 Å². The number of halogens is 2. The van der Waals surface area contributed by atoms with Crippen molar-refractivity contribution in [3.05, 3.63) is 40.0 Å². The van der Waals surface area contributed by atoms with Crippen LogP contribution in [0.2, 0.25) is 10.0 Å². The zero-order valence-corrected chi connectivity index (χ0v) is 29.0. The van der Waals surface area contributed by atoms with Crippen molar-refractivity contribution in [2.75, 3.05) is 63.6 Å². The number of likely N-dealkylation sites (N-methyl/N-ethyl adjacent to an activating group) is 1. The molecule has 12 heteroatoms. The van der Waals surface area contributed by atoms with Crippen molar-refractivity contribution < 1.29 is 14.3 Å². The van der Waals surface area contributed by atoms with Crippen molar-refractivity contribution >= 4 is 46.8 Å². The normalized spacial score (nSPS) is 25.3. The maximum Gasteiger partial charge on any atom is 0.245 e. The van der Waals surface area contributed by atoms with Gasteiger partial charge in [-0.15, -0.1) is 0 Å². The van der Waals surface area contributed by atoms with Gasteiger partial charge in [-0.1, -0.05) is 29.8 Å². The van der Waals surface area contributed by atoms with E-state index in [0.29, 0.717) is 39.1 Å².